The standard InChI is InChI=1S/C12H12N2O3S/c13-7-9-2-1-3-10(6-9)14-11(15)8-18-5-4-12(16)17/h1-3,6H,4-5,8H2,(H,14,15)(H,16,17). The minimum absolute atomic E-state index is 0.0435. The first-order chi connectivity index (χ1) is 8.61. The molecule has 0 spiro atoms. The third-order valence-electron chi connectivity index (χ3n) is 1.97. The van der Waals surface area contributed by atoms with Gasteiger partial charge in [0, 0.05) is 11.4 Å². The van der Waals surface area contributed by atoms with Crippen molar-refractivity contribution in [1.29, 1.82) is 5.26 Å². The van der Waals surface area contributed by atoms with Crippen molar-refractivity contribution < 1.29 is 14.7 Å². The average molecular weight is 264 g/mol. The number of carbonyl (C=O) groups is 2. The van der Waals surface area contributed by atoms with Crippen molar-refractivity contribution >= 4 is 29.3 Å². The van der Waals surface area contributed by atoms with Crippen molar-refractivity contribution in [2.75, 3.05) is 16.8 Å². The normalized spacial score (nSPS) is 9.50. The number of thioether (sulfide) groups is 1. The Balaban J connectivity index is 2.35. The van der Waals surface area contributed by atoms with Crippen molar-refractivity contribution in [3.05, 3.63) is 29.8 Å². The Morgan fingerprint density at radius 3 is 2.89 bits per heavy atom. The summed E-state index contributed by atoms with van der Waals surface area (Å²) in [6.07, 6.45) is 0.0435. The number of carbonyl (C=O) groups excluding carboxylic acids is 1. The van der Waals surface area contributed by atoms with Crippen LogP contribution in [0.1, 0.15) is 12.0 Å². The highest BCUT2D eigenvalue weighted by molar-refractivity contribution is 7.99. The van der Waals surface area contributed by atoms with Gasteiger partial charge in [-0.2, -0.15) is 17.0 Å². The van der Waals surface area contributed by atoms with Crippen molar-refractivity contribution in [3.8, 4) is 6.07 Å². The molecule has 0 bridgehead atoms. The van der Waals surface area contributed by atoms with Crippen LogP contribution < -0.4 is 5.32 Å². The summed E-state index contributed by atoms with van der Waals surface area (Å²) in [6, 6.07) is 8.60. The van der Waals surface area contributed by atoms with Crippen LogP contribution in [0, 0.1) is 11.3 Å². The maximum atomic E-state index is 11.5. The third kappa shape index (κ3) is 5.37. The first-order valence-corrected chi connectivity index (χ1v) is 6.37. The van der Waals surface area contributed by atoms with E-state index in [0.29, 0.717) is 17.0 Å². The van der Waals surface area contributed by atoms with Gasteiger partial charge in [0.2, 0.25) is 5.91 Å². The zero-order valence-corrected chi connectivity index (χ0v) is 10.4. The molecule has 0 saturated heterocycles. The van der Waals surface area contributed by atoms with E-state index >= 15 is 0 Å². The summed E-state index contributed by atoms with van der Waals surface area (Å²) in [5, 5.41) is 19.8. The molecule has 0 atom stereocenters. The molecule has 0 aliphatic carbocycles. The van der Waals surface area contributed by atoms with Crippen molar-refractivity contribution in [2.24, 2.45) is 0 Å². The van der Waals surface area contributed by atoms with Gasteiger partial charge in [-0.1, -0.05) is 6.07 Å². The molecule has 0 unspecified atom stereocenters. The van der Waals surface area contributed by atoms with Crippen molar-refractivity contribution in [2.45, 2.75) is 6.42 Å². The summed E-state index contributed by atoms with van der Waals surface area (Å²) in [4.78, 5) is 21.8. The predicted molar refractivity (Wildman–Crippen MR) is 69.4 cm³/mol. The number of rotatable bonds is 6. The number of aliphatic carboxylic acids is 1. The van der Waals surface area contributed by atoms with E-state index in [-0.39, 0.29) is 18.1 Å². The fraction of sp³-hybridized carbons (Fsp3) is 0.250. The molecule has 18 heavy (non-hydrogen) atoms. The molecule has 0 aliphatic heterocycles. The van der Waals surface area contributed by atoms with Crippen LogP contribution in [-0.2, 0) is 9.59 Å². The van der Waals surface area contributed by atoms with E-state index in [9.17, 15) is 9.59 Å². The van der Waals surface area contributed by atoms with Gasteiger partial charge in [0.15, 0.2) is 0 Å². The fourth-order valence-corrected chi connectivity index (χ4v) is 1.91. The molecule has 0 heterocycles. The smallest absolute Gasteiger partial charge is 0.304 e. The second kappa shape index (κ2) is 7.35. The lowest BCUT2D eigenvalue weighted by Crippen LogP contribution is -2.14. The van der Waals surface area contributed by atoms with Gasteiger partial charge in [-0.3, -0.25) is 9.59 Å². The fourth-order valence-electron chi connectivity index (χ4n) is 1.19. The molecular formula is C12H12N2O3S. The molecule has 0 fully saturated rings. The van der Waals surface area contributed by atoms with Crippen molar-refractivity contribution in [3.63, 3.8) is 0 Å². The number of carboxylic acid groups (broad SMARTS) is 1. The Labute approximate surface area is 109 Å². The lowest BCUT2D eigenvalue weighted by atomic mass is 10.2. The Bertz CT molecular complexity index is 482. The van der Waals surface area contributed by atoms with E-state index in [1.807, 2.05) is 6.07 Å². The number of hydrogen-bond donors (Lipinski definition) is 2. The number of nitriles is 1. The van der Waals surface area contributed by atoms with Crippen LogP contribution >= 0.6 is 11.8 Å². The monoisotopic (exact) mass is 264 g/mol. The average Bonchev–Trinajstić information content (AvgIpc) is 2.34. The van der Waals surface area contributed by atoms with E-state index < -0.39 is 5.97 Å². The zero-order valence-electron chi connectivity index (χ0n) is 9.55. The maximum Gasteiger partial charge on any atom is 0.304 e. The first-order valence-electron chi connectivity index (χ1n) is 5.21. The van der Waals surface area contributed by atoms with Gasteiger partial charge >= 0.3 is 5.97 Å². The van der Waals surface area contributed by atoms with Crippen LogP contribution in [0.5, 0.6) is 0 Å². The summed E-state index contributed by atoms with van der Waals surface area (Å²) in [7, 11) is 0. The van der Waals surface area contributed by atoms with Crippen LogP contribution in [0.4, 0.5) is 5.69 Å². The third-order valence-corrected chi connectivity index (χ3v) is 2.93. The van der Waals surface area contributed by atoms with Crippen LogP contribution in [-0.4, -0.2) is 28.5 Å². The summed E-state index contributed by atoms with van der Waals surface area (Å²) in [6.45, 7) is 0. The molecule has 0 aromatic heterocycles. The molecule has 0 radical (unpaired) electrons. The van der Waals surface area contributed by atoms with E-state index in [2.05, 4.69) is 5.32 Å². The van der Waals surface area contributed by atoms with Crippen LogP contribution in [0.25, 0.3) is 0 Å². The Kier molecular flexibility index (Phi) is 5.74. The summed E-state index contributed by atoms with van der Waals surface area (Å²) in [5.41, 5.74) is 1.05. The minimum atomic E-state index is -0.871. The van der Waals surface area contributed by atoms with E-state index in [0.717, 1.165) is 0 Å². The molecule has 5 nitrogen and oxygen atoms in total. The predicted octanol–water partition coefficient (Wildman–Crippen LogP) is 1.70. The molecule has 1 amide bonds. The van der Waals surface area contributed by atoms with Crippen LogP contribution in [0.3, 0.4) is 0 Å². The molecule has 6 heteroatoms. The number of anilines is 1. The Hall–Kier alpha value is -2.00. The van der Waals surface area contributed by atoms with Gasteiger partial charge < -0.3 is 10.4 Å². The highest BCUT2D eigenvalue weighted by Crippen LogP contribution is 2.11. The summed E-state index contributed by atoms with van der Waals surface area (Å²) in [5.74, 6) is -0.476. The number of nitrogens with zero attached hydrogens (tertiary/aromatic N) is 1. The summed E-state index contributed by atoms with van der Waals surface area (Å²) < 4.78 is 0. The molecule has 1 rings (SSSR count). The molecule has 2 N–H and O–H groups in total. The lowest BCUT2D eigenvalue weighted by molar-refractivity contribution is -0.136. The first kappa shape index (κ1) is 14.1. The van der Waals surface area contributed by atoms with E-state index in [4.69, 9.17) is 10.4 Å². The minimum Gasteiger partial charge on any atom is -0.481 e. The topological polar surface area (TPSA) is 90.2 Å². The molecular weight excluding hydrogens is 252 g/mol. The molecule has 0 saturated carbocycles. The Morgan fingerprint density at radius 2 is 2.22 bits per heavy atom. The van der Waals surface area contributed by atoms with Gasteiger partial charge in [0.1, 0.15) is 0 Å². The summed E-state index contributed by atoms with van der Waals surface area (Å²) >= 11 is 1.26. The highest BCUT2D eigenvalue weighted by atomic mass is 32.2. The van der Waals surface area contributed by atoms with Gasteiger partial charge in [0.25, 0.3) is 0 Å². The van der Waals surface area contributed by atoms with Gasteiger partial charge in [-0.05, 0) is 18.2 Å². The van der Waals surface area contributed by atoms with Crippen LogP contribution in [0.2, 0.25) is 0 Å². The van der Waals surface area contributed by atoms with Crippen molar-refractivity contribution in [1.82, 2.24) is 0 Å². The number of nitrogens with one attached hydrogen (secondary N) is 1. The Morgan fingerprint density at radius 1 is 1.44 bits per heavy atom. The molecule has 94 valence electrons. The maximum absolute atomic E-state index is 11.5. The van der Waals surface area contributed by atoms with E-state index in [1.165, 1.54) is 11.8 Å². The second-order valence-corrected chi connectivity index (χ2v) is 4.54. The number of amides is 1. The number of benzene rings is 1. The van der Waals surface area contributed by atoms with Gasteiger partial charge in [0.05, 0.1) is 23.8 Å². The van der Waals surface area contributed by atoms with E-state index in [1.54, 1.807) is 24.3 Å². The molecule has 1 aromatic rings. The quantitative estimate of drug-likeness (QED) is 0.763. The number of hydrogen-bond acceptors (Lipinski definition) is 4. The SMILES string of the molecule is N#Cc1cccc(NC(=O)CSCCC(=O)O)c1. The largest absolute Gasteiger partial charge is 0.481 e. The van der Waals surface area contributed by atoms with Gasteiger partial charge in [-0.15, -0.1) is 0 Å². The highest BCUT2D eigenvalue weighted by Gasteiger charge is 2.04. The lowest BCUT2D eigenvalue weighted by Gasteiger charge is -2.04. The molecule has 0 aliphatic rings. The zero-order chi connectivity index (χ0) is 13.4. The number of carboxylic acids is 1. The second-order valence-electron chi connectivity index (χ2n) is 3.44. The van der Waals surface area contributed by atoms with Crippen LogP contribution in [0.15, 0.2) is 24.3 Å². The van der Waals surface area contributed by atoms with Gasteiger partial charge in [-0.25, -0.2) is 0 Å². The molecule has 1 aromatic carbocycles.